The molecular weight excluding hydrogens is 294 g/mol. The van der Waals surface area contributed by atoms with Crippen molar-refractivity contribution in [3.8, 4) is 0 Å². The van der Waals surface area contributed by atoms with Crippen LogP contribution in [0.2, 0.25) is 0 Å². The van der Waals surface area contributed by atoms with Gasteiger partial charge >= 0.3 is 11.7 Å². The van der Waals surface area contributed by atoms with Crippen LogP contribution in [0.25, 0.3) is 0 Å². The average Bonchev–Trinajstić information content (AvgIpc) is 2.45. The molecule has 1 unspecified atom stereocenters. The van der Waals surface area contributed by atoms with Gasteiger partial charge in [-0.3, -0.25) is 14.9 Å². The minimum atomic E-state index is -1.56. The summed E-state index contributed by atoms with van der Waals surface area (Å²) in [4.78, 5) is 32.2. The Hall–Kier alpha value is -2.62. The van der Waals surface area contributed by atoms with Crippen molar-refractivity contribution in [2.75, 3.05) is 13.7 Å². The van der Waals surface area contributed by atoms with Gasteiger partial charge in [0, 0.05) is 0 Å². The van der Waals surface area contributed by atoms with Crippen molar-refractivity contribution >= 4 is 17.6 Å². The lowest BCUT2D eigenvalue weighted by Crippen LogP contribution is -2.44. The molecule has 8 nitrogen and oxygen atoms in total. The van der Waals surface area contributed by atoms with E-state index in [0.29, 0.717) is 12.1 Å². The molecule has 0 heterocycles. The number of esters is 1. The first-order valence-corrected chi connectivity index (χ1v) is 5.44. The van der Waals surface area contributed by atoms with Crippen molar-refractivity contribution in [3.05, 3.63) is 39.4 Å². The van der Waals surface area contributed by atoms with Crippen molar-refractivity contribution in [3.63, 3.8) is 0 Å². The van der Waals surface area contributed by atoms with Gasteiger partial charge in [0.1, 0.15) is 5.82 Å². The second kappa shape index (κ2) is 6.70. The minimum Gasteiger partial charge on any atom is -0.467 e. The number of nitrogens with one attached hydrogen (secondary N) is 1. The summed E-state index contributed by atoms with van der Waals surface area (Å²) < 4.78 is 31.2. The molecule has 0 aliphatic rings. The number of nitro groups is 1. The van der Waals surface area contributed by atoms with Gasteiger partial charge < -0.3 is 15.2 Å². The van der Waals surface area contributed by atoms with Crippen LogP contribution in [0.3, 0.4) is 0 Å². The highest BCUT2D eigenvalue weighted by Crippen LogP contribution is 2.22. The third-order valence-electron chi connectivity index (χ3n) is 2.43. The van der Waals surface area contributed by atoms with Crippen LogP contribution in [0.1, 0.15) is 10.4 Å². The molecular formula is C11H10F2N2O6. The molecule has 1 aromatic rings. The number of hydrogen-bond acceptors (Lipinski definition) is 6. The number of halogens is 2. The maximum atomic E-state index is 13.7. The van der Waals surface area contributed by atoms with E-state index in [1.54, 1.807) is 0 Å². The number of rotatable bonds is 5. The van der Waals surface area contributed by atoms with Crippen molar-refractivity contribution in [1.82, 2.24) is 5.32 Å². The predicted octanol–water partition coefficient (Wildman–Crippen LogP) is 0.137. The Morgan fingerprint density at radius 1 is 1.48 bits per heavy atom. The number of benzene rings is 1. The lowest BCUT2D eigenvalue weighted by atomic mass is 10.1. The smallest absolute Gasteiger partial charge is 0.330 e. The summed E-state index contributed by atoms with van der Waals surface area (Å²) >= 11 is 0. The minimum absolute atomic E-state index is 0.315. The summed E-state index contributed by atoms with van der Waals surface area (Å²) in [5, 5.41) is 21.3. The van der Waals surface area contributed by atoms with Gasteiger partial charge in [0.05, 0.1) is 30.3 Å². The van der Waals surface area contributed by atoms with E-state index in [2.05, 4.69) is 4.74 Å². The van der Waals surface area contributed by atoms with E-state index in [0.717, 1.165) is 7.11 Å². The molecule has 0 saturated heterocycles. The molecule has 0 aliphatic heterocycles. The number of carbonyl (C=O) groups excluding carboxylic acids is 2. The largest absolute Gasteiger partial charge is 0.467 e. The first-order valence-electron chi connectivity index (χ1n) is 5.44. The number of nitro benzene ring substituents is 1. The molecule has 1 amide bonds. The van der Waals surface area contributed by atoms with Gasteiger partial charge in [0.15, 0.2) is 6.04 Å². The third kappa shape index (κ3) is 3.69. The zero-order chi connectivity index (χ0) is 16.2. The lowest BCUT2D eigenvalue weighted by Gasteiger charge is -2.14. The van der Waals surface area contributed by atoms with E-state index >= 15 is 0 Å². The molecule has 1 atom stereocenters. The highest BCUT2D eigenvalue weighted by atomic mass is 19.1. The zero-order valence-corrected chi connectivity index (χ0v) is 10.6. The summed E-state index contributed by atoms with van der Waals surface area (Å²) in [5.41, 5.74) is -2.19. The second-order valence-electron chi connectivity index (χ2n) is 3.78. The Kier molecular flexibility index (Phi) is 5.24. The molecule has 2 N–H and O–H groups in total. The molecule has 0 aromatic heterocycles. The Morgan fingerprint density at radius 2 is 2.10 bits per heavy atom. The van der Waals surface area contributed by atoms with E-state index in [-0.39, 0.29) is 0 Å². The number of aliphatic hydroxyl groups is 1. The van der Waals surface area contributed by atoms with Gasteiger partial charge in [-0.05, 0) is 6.07 Å². The summed E-state index contributed by atoms with van der Waals surface area (Å²) in [6.45, 7) is -0.850. The summed E-state index contributed by atoms with van der Waals surface area (Å²) in [5.74, 6) is -5.08. The molecule has 0 radical (unpaired) electrons. The molecule has 0 aliphatic carbocycles. The molecule has 1 aromatic carbocycles. The van der Waals surface area contributed by atoms with Gasteiger partial charge in [-0.25, -0.2) is 9.18 Å². The maximum absolute atomic E-state index is 13.7. The maximum Gasteiger partial charge on any atom is 0.330 e. The summed E-state index contributed by atoms with van der Waals surface area (Å²) in [7, 11) is 0.991. The van der Waals surface area contributed by atoms with E-state index in [1.165, 1.54) is 0 Å². The number of nitrogens with zero attached hydrogens (tertiary/aromatic N) is 1. The first-order chi connectivity index (χ1) is 9.81. The third-order valence-corrected chi connectivity index (χ3v) is 2.43. The van der Waals surface area contributed by atoms with Crippen molar-refractivity contribution < 1.29 is 33.1 Å². The molecule has 1 rings (SSSR count). The Morgan fingerprint density at radius 3 is 2.57 bits per heavy atom. The topological polar surface area (TPSA) is 119 Å². The van der Waals surface area contributed by atoms with Crippen LogP contribution in [0.4, 0.5) is 14.5 Å². The van der Waals surface area contributed by atoms with Crippen LogP contribution in [0, 0.1) is 21.7 Å². The quantitative estimate of drug-likeness (QED) is 0.453. The summed E-state index contributed by atoms with van der Waals surface area (Å²) in [6, 6.07) is -0.761. The number of carbonyl (C=O) groups is 2. The van der Waals surface area contributed by atoms with Crippen LogP contribution in [-0.4, -0.2) is 41.7 Å². The Labute approximate surface area is 116 Å². The average molecular weight is 304 g/mol. The fourth-order valence-corrected chi connectivity index (χ4v) is 1.43. The zero-order valence-electron chi connectivity index (χ0n) is 10.6. The second-order valence-corrected chi connectivity index (χ2v) is 3.78. The van der Waals surface area contributed by atoms with E-state index < -0.39 is 52.3 Å². The van der Waals surface area contributed by atoms with Gasteiger partial charge in [-0.15, -0.1) is 0 Å². The van der Waals surface area contributed by atoms with Crippen LogP contribution in [0.15, 0.2) is 12.1 Å². The van der Waals surface area contributed by atoms with E-state index in [1.807, 2.05) is 5.32 Å². The van der Waals surface area contributed by atoms with Gasteiger partial charge in [-0.2, -0.15) is 4.39 Å². The van der Waals surface area contributed by atoms with E-state index in [4.69, 9.17) is 5.11 Å². The number of methoxy groups -OCH3 is 1. The Balaban J connectivity index is 3.13. The number of ether oxygens (including phenoxy) is 1. The van der Waals surface area contributed by atoms with Crippen LogP contribution in [0.5, 0.6) is 0 Å². The van der Waals surface area contributed by atoms with Crippen LogP contribution >= 0.6 is 0 Å². The lowest BCUT2D eigenvalue weighted by molar-refractivity contribution is -0.387. The molecule has 10 heteroatoms. The van der Waals surface area contributed by atoms with Gasteiger partial charge in [-0.1, -0.05) is 0 Å². The standard InChI is InChI=1S/C11H10F2N2O6/c1-21-11(18)7(4-16)14-10(17)6-2-5(12)3-8(9(6)13)15(19)20/h2-3,7,16H,4H2,1H3,(H,14,17). The van der Waals surface area contributed by atoms with Crippen molar-refractivity contribution in [1.29, 1.82) is 0 Å². The fraction of sp³-hybridized carbons (Fsp3) is 0.273. The molecule has 0 bridgehead atoms. The van der Waals surface area contributed by atoms with Gasteiger partial charge in [0.2, 0.25) is 5.82 Å². The molecule has 114 valence electrons. The van der Waals surface area contributed by atoms with E-state index in [9.17, 15) is 28.5 Å². The van der Waals surface area contributed by atoms with Crippen LogP contribution in [-0.2, 0) is 9.53 Å². The normalized spacial score (nSPS) is 11.6. The highest BCUT2D eigenvalue weighted by molar-refractivity contribution is 5.97. The first kappa shape index (κ1) is 16.4. The molecule has 0 saturated carbocycles. The van der Waals surface area contributed by atoms with Crippen molar-refractivity contribution in [2.24, 2.45) is 0 Å². The van der Waals surface area contributed by atoms with Gasteiger partial charge in [0.25, 0.3) is 5.91 Å². The fourth-order valence-electron chi connectivity index (χ4n) is 1.43. The number of aliphatic hydroxyl groups excluding tert-OH is 1. The monoisotopic (exact) mass is 304 g/mol. The Bertz CT molecular complexity index is 592. The summed E-state index contributed by atoms with van der Waals surface area (Å²) in [6.07, 6.45) is 0. The number of amides is 1. The van der Waals surface area contributed by atoms with Crippen molar-refractivity contribution in [2.45, 2.75) is 6.04 Å². The number of hydrogen-bond donors (Lipinski definition) is 2. The molecule has 0 spiro atoms. The van der Waals surface area contributed by atoms with Crippen LogP contribution < -0.4 is 5.32 Å². The molecule has 0 fully saturated rings. The SMILES string of the molecule is COC(=O)C(CO)NC(=O)c1cc(F)cc([N+](=O)[O-])c1F. The molecule has 21 heavy (non-hydrogen) atoms. The highest BCUT2D eigenvalue weighted by Gasteiger charge is 2.27. The predicted molar refractivity (Wildman–Crippen MR) is 63.4 cm³/mol.